The van der Waals surface area contributed by atoms with Crippen molar-refractivity contribution in [2.24, 2.45) is 0 Å². The van der Waals surface area contributed by atoms with Crippen LogP contribution in [0.1, 0.15) is 130 Å². The van der Waals surface area contributed by atoms with Gasteiger partial charge in [-0.25, -0.2) is 0 Å². The van der Waals surface area contributed by atoms with E-state index in [-0.39, 0.29) is 37.7 Å². The van der Waals surface area contributed by atoms with E-state index in [1.54, 1.807) is 28.4 Å². The van der Waals surface area contributed by atoms with Gasteiger partial charge < -0.3 is 87.0 Å². The molecule has 0 spiro atoms. The Kier molecular flexibility index (Phi) is 57.6. The van der Waals surface area contributed by atoms with Crippen LogP contribution in [-0.4, -0.2) is 240 Å². The normalized spacial score (nSPS) is 17.6. The number of likely N-dealkylation sites (N-methyl/N-ethyl adjacent to an activating group) is 2. The van der Waals surface area contributed by atoms with Gasteiger partial charge in [0.15, 0.2) is 31.5 Å². The fraction of sp³-hybridized carbons (Fsp3) is 0.981. The molecule has 2 saturated heterocycles. The highest BCUT2D eigenvalue weighted by Crippen LogP contribution is 2.22. The molecular weight excluding hydrogens is 987 g/mol. The van der Waals surface area contributed by atoms with Crippen molar-refractivity contribution >= 4 is 16.4 Å². The number of carbonyl (C=O) groups is 1. The van der Waals surface area contributed by atoms with Gasteiger partial charge in [-0.1, -0.05) is 27.7 Å². The van der Waals surface area contributed by atoms with E-state index in [9.17, 15) is 18.3 Å². The van der Waals surface area contributed by atoms with Crippen LogP contribution < -0.4 is 5.32 Å². The van der Waals surface area contributed by atoms with Gasteiger partial charge in [-0.05, 0) is 144 Å². The molecule has 0 saturated carbocycles. The zero-order chi connectivity index (χ0) is 56.3. The quantitative estimate of drug-likeness (QED) is 0.0293. The molecule has 0 aliphatic carbocycles. The lowest BCUT2D eigenvalue weighted by Crippen LogP contribution is -2.38. The summed E-state index contributed by atoms with van der Waals surface area (Å²) in [6, 6.07) is 0. The van der Waals surface area contributed by atoms with Crippen molar-refractivity contribution in [1.82, 2.24) is 15.1 Å². The van der Waals surface area contributed by atoms with E-state index in [0.29, 0.717) is 38.6 Å². The highest BCUT2D eigenvalue weighted by Gasteiger charge is 2.28. The Hall–Kier alpha value is -1.10. The molecule has 2 aliphatic rings. The molecular formula is C52H111N3O18S. The summed E-state index contributed by atoms with van der Waals surface area (Å²) in [5.74, 6) is 0. The molecule has 21 nitrogen and oxygen atoms in total. The molecule has 2 aliphatic heterocycles. The Bertz CT molecular complexity index is 1250. The van der Waals surface area contributed by atoms with Gasteiger partial charge >= 0.3 is 0 Å². The zero-order valence-electron chi connectivity index (χ0n) is 48.8. The molecule has 2 rings (SSSR count). The predicted molar refractivity (Wildman–Crippen MR) is 289 cm³/mol. The molecule has 0 aromatic heterocycles. The molecule has 0 amide bonds. The number of rotatable bonds is 41. The van der Waals surface area contributed by atoms with E-state index in [0.717, 1.165) is 143 Å². The molecule has 0 bridgehead atoms. The summed E-state index contributed by atoms with van der Waals surface area (Å²) in [6.07, 6.45) is 12.4. The molecule has 3 N–H and O–H groups in total. The van der Waals surface area contributed by atoms with Crippen molar-refractivity contribution < 1.29 is 84.5 Å². The number of aliphatic hydroxyl groups excluding tert-OH is 2. The number of ether oxygens (including phenoxy) is 12. The van der Waals surface area contributed by atoms with Crippen molar-refractivity contribution in [3.63, 3.8) is 0 Å². The highest BCUT2D eigenvalue weighted by molar-refractivity contribution is 7.85. The Morgan fingerprint density at radius 1 is 0.608 bits per heavy atom. The Morgan fingerprint density at radius 2 is 1.04 bits per heavy atom. The first kappa shape index (κ1) is 77.1. The first-order valence-electron chi connectivity index (χ1n) is 27.2. The largest absolute Gasteiger partial charge is 0.388 e. The number of nitrogens with one attached hydrogen (secondary N) is 1. The summed E-state index contributed by atoms with van der Waals surface area (Å²) >= 11 is 0. The van der Waals surface area contributed by atoms with Crippen LogP contribution in [0.15, 0.2) is 0 Å². The SMILES string of the molecule is CC.CCCOCCN(C)CCCC(O)C(OC)OC.CCCOCCN(C)CCCC(O)C=O.CNCCCC(OC1CCCCO1)C(OC)OC.COC(OC)C(CCCOS(C)(=O)=O)OC1CCCCO1. The number of hydrogen-bond donors (Lipinski definition) is 3. The van der Waals surface area contributed by atoms with Gasteiger partial charge in [0.05, 0.1) is 26.1 Å². The van der Waals surface area contributed by atoms with E-state index < -0.39 is 34.9 Å². The molecule has 6 unspecified atom stereocenters. The third kappa shape index (κ3) is 46.9. The van der Waals surface area contributed by atoms with Crippen LogP contribution >= 0.6 is 0 Å². The van der Waals surface area contributed by atoms with Crippen LogP contribution in [0.4, 0.5) is 0 Å². The van der Waals surface area contributed by atoms with Gasteiger partial charge in [0.25, 0.3) is 10.1 Å². The number of carbonyl (C=O) groups excluding carboxylic acids is 1. The molecule has 6 atom stereocenters. The lowest BCUT2D eigenvalue weighted by molar-refractivity contribution is -0.252. The van der Waals surface area contributed by atoms with Gasteiger partial charge in [-0.2, -0.15) is 8.42 Å². The second-order valence-corrected chi connectivity index (χ2v) is 19.4. The van der Waals surface area contributed by atoms with E-state index in [2.05, 4.69) is 36.0 Å². The molecule has 0 radical (unpaired) electrons. The van der Waals surface area contributed by atoms with Crippen LogP contribution in [0.25, 0.3) is 0 Å². The summed E-state index contributed by atoms with van der Waals surface area (Å²) in [5, 5.41) is 21.9. The third-order valence-corrected chi connectivity index (χ3v) is 11.9. The van der Waals surface area contributed by atoms with Gasteiger partial charge in [0.2, 0.25) is 0 Å². The molecule has 74 heavy (non-hydrogen) atoms. The summed E-state index contributed by atoms with van der Waals surface area (Å²) in [6.45, 7) is 17.6. The Labute approximate surface area is 449 Å². The average molecular weight is 1100 g/mol. The molecule has 0 aromatic carbocycles. The minimum Gasteiger partial charge on any atom is -0.388 e. The second-order valence-electron chi connectivity index (χ2n) is 17.8. The summed E-state index contributed by atoms with van der Waals surface area (Å²) in [5.41, 5.74) is 0. The van der Waals surface area contributed by atoms with Crippen molar-refractivity contribution in [2.75, 3.05) is 149 Å². The molecule has 2 heterocycles. The number of nitrogens with zero attached hydrogens (tertiary/aromatic N) is 2. The number of hydrogen-bond acceptors (Lipinski definition) is 21. The predicted octanol–water partition coefficient (Wildman–Crippen LogP) is 5.61. The molecule has 0 aromatic rings. The van der Waals surface area contributed by atoms with Crippen LogP contribution in [0, 0.1) is 0 Å². The maximum absolute atomic E-state index is 10.9. The zero-order valence-corrected chi connectivity index (χ0v) is 49.6. The van der Waals surface area contributed by atoms with Crippen molar-refractivity contribution in [1.29, 1.82) is 0 Å². The summed E-state index contributed by atoms with van der Waals surface area (Å²) in [7, 11) is 12.1. The molecule has 2 fully saturated rings. The topological polar surface area (TPSA) is 230 Å². The van der Waals surface area contributed by atoms with Gasteiger partial charge in [0, 0.05) is 82.2 Å². The van der Waals surface area contributed by atoms with Crippen LogP contribution in [0.3, 0.4) is 0 Å². The van der Waals surface area contributed by atoms with Gasteiger partial charge in [-0.15, -0.1) is 0 Å². The number of methoxy groups -OCH3 is 6. The number of aldehydes is 1. The average Bonchev–Trinajstić information content (AvgIpc) is 3.40. The Balaban J connectivity index is -0.000000903. The van der Waals surface area contributed by atoms with E-state index in [1.807, 2.05) is 27.9 Å². The smallest absolute Gasteiger partial charge is 0.264 e. The minimum absolute atomic E-state index is 0.0727. The first-order valence-corrected chi connectivity index (χ1v) is 29.0. The maximum atomic E-state index is 10.9. The second kappa shape index (κ2) is 55.2. The standard InChI is InChI=1S/C13H27NO4.C13H29NO4.C13H26O7S.C11H23NO3.C2H6/c1-14-9-6-7-11(13(15-2)16-3)18-12-8-4-5-10-17-12;1-5-10-18-11-9-14(2)8-6-7-12(15)13(16-3)17-4;1-16-13(17-2)11(7-6-10-19-21(3,14)15)20-12-8-4-5-9-18-12;1-3-8-15-9-7-12(2)6-4-5-11(14)10-13;1-2/h11-14H,4-10H2,1-3H3;12-13,15H,5-11H2,1-4H3;11-13H,4-10H2,1-3H3;10-11,14H,3-9H2,1-2H3;1-2H3. The first-order chi connectivity index (χ1) is 35.6. The highest BCUT2D eigenvalue weighted by atomic mass is 32.2. The Morgan fingerprint density at radius 3 is 1.41 bits per heavy atom. The van der Waals surface area contributed by atoms with Crippen molar-refractivity contribution in [3.05, 3.63) is 0 Å². The molecule has 22 heteroatoms. The lowest BCUT2D eigenvalue weighted by atomic mass is 10.1. The lowest BCUT2D eigenvalue weighted by Gasteiger charge is -2.31. The van der Waals surface area contributed by atoms with E-state index in [4.69, 9.17) is 66.1 Å². The fourth-order valence-electron chi connectivity index (χ4n) is 7.25. The van der Waals surface area contributed by atoms with E-state index in [1.165, 1.54) is 20.6 Å². The summed E-state index contributed by atoms with van der Waals surface area (Å²) < 4.78 is 91.5. The summed E-state index contributed by atoms with van der Waals surface area (Å²) in [4.78, 5) is 14.5. The van der Waals surface area contributed by atoms with Crippen molar-refractivity contribution in [3.8, 4) is 0 Å². The maximum Gasteiger partial charge on any atom is 0.264 e. The third-order valence-electron chi connectivity index (χ3n) is 11.3. The molecule has 448 valence electrons. The van der Waals surface area contributed by atoms with Gasteiger partial charge in [0.1, 0.15) is 30.7 Å². The monoisotopic (exact) mass is 1100 g/mol. The van der Waals surface area contributed by atoms with Crippen LogP contribution in [0.2, 0.25) is 0 Å². The van der Waals surface area contributed by atoms with Gasteiger partial charge in [-0.3, -0.25) is 4.18 Å². The van der Waals surface area contributed by atoms with Crippen LogP contribution in [0.5, 0.6) is 0 Å². The number of aliphatic hydroxyl groups is 2. The van der Waals surface area contributed by atoms with Crippen molar-refractivity contribution in [2.45, 2.75) is 186 Å². The fourth-order valence-corrected chi connectivity index (χ4v) is 7.67. The van der Waals surface area contributed by atoms with E-state index >= 15 is 0 Å². The van der Waals surface area contributed by atoms with Crippen LogP contribution in [-0.2, 0) is 75.9 Å². The minimum atomic E-state index is -3.41.